The van der Waals surface area contributed by atoms with Gasteiger partial charge in [-0.15, -0.1) is 11.8 Å². The Balaban J connectivity index is 1.98. The monoisotopic (exact) mass is 419 g/mol. The summed E-state index contributed by atoms with van der Waals surface area (Å²) in [6.45, 7) is 2.67. The first-order chi connectivity index (χ1) is 14.0. The Kier molecular flexibility index (Phi) is 5.21. The Hall–Kier alpha value is -1.89. The molecule has 1 saturated carbocycles. The number of hydrogen-bond acceptors (Lipinski definition) is 6. The number of benzene rings is 1. The number of esters is 1. The van der Waals surface area contributed by atoms with Crippen molar-refractivity contribution in [3.8, 4) is 11.5 Å². The molecule has 6 nitrogen and oxygen atoms in total. The number of amides is 1. The molecule has 3 atom stereocenters. The van der Waals surface area contributed by atoms with Crippen LogP contribution in [0.1, 0.15) is 49.8 Å². The highest BCUT2D eigenvalue weighted by molar-refractivity contribution is 8.01. The Morgan fingerprint density at radius 2 is 1.86 bits per heavy atom. The number of fused-ring (bicyclic) bond motifs is 5. The maximum Gasteiger partial charge on any atom is 0.316 e. The minimum Gasteiger partial charge on any atom is -0.493 e. The number of thioether (sulfide) groups is 1. The number of carbonyl (C=O) groups excluding carboxylic acids is 2. The number of carbonyl (C=O) groups is 2. The summed E-state index contributed by atoms with van der Waals surface area (Å²) >= 11 is 1.63. The van der Waals surface area contributed by atoms with Crippen LogP contribution in [-0.2, 0) is 20.7 Å². The molecule has 7 heteroatoms. The lowest BCUT2D eigenvalue weighted by atomic mass is 9.61. The molecule has 29 heavy (non-hydrogen) atoms. The van der Waals surface area contributed by atoms with Crippen molar-refractivity contribution in [3.05, 3.63) is 23.3 Å². The molecular weight excluding hydrogens is 390 g/mol. The predicted octanol–water partition coefficient (Wildman–Crippen LogP) is 3.37. The van der Waals surface area contributed by atoms with Crippen LogP contribution in [0.15, 0.2) is 12.1 Å². The van der Waals surface area contributed by atoms with E-state index in [1.54, 1.807) is 26.0 Å². The molecule has 0 spiro atoms. The third kappa shape index (κ3) is 2.55. The van der Waals surface area contributed by atoms with E-state index >= 15 is 0 Å². The summed E-state index contributed by atoms with van der Waals surface area (Å²) in [4.78, 5) is 29.3. The van der Waals surface area contributed by atoms with Gasteiger partial charge >= 0.3 is 5.97 Å². The van der Waals surface area contributed by atoms with Crippen molar-refractivity contribution < 1.29 is 23.8 Å². The van der Waals surface area contributed by atoms with Crippen LogP contribution in [0.25, 0.3) is 0 Å². The van der Waals surface area contributed by atoms with Gasteiger partial charge in [0.1, 0.15) is 10.2 Å². The normalized spacial score (nSPS) is 30.3. The van der Waals surface area contributed by atoms with Gasteiger partial charge in [-0.3, -0.25) is 9.59 Å². The van der Waals surface area contributed by atoms with Crippen LogP contribution in [0.3, 0.4) is 0 Å². The Labute approximate surface area is 176 Å². The van der Waals surface area contributed by atoms with E-state index in [4.69, 9.17) is 14.2 Å². The molecule has 4 rings (SSSR count). The van der Waals surface area contributed by atoms with E-state index in [2.05, 4.69) is 6.92 Å². The largest absolute Gasteiger partial charge is 0.493 e. The van der Waals surface area contributed by atoms with Crippen LogP contribution in [-0.4, -0.2) is 55.2 Å². The van der Waals surface area contributed by atoms with Gasteiger partial charge in [0.15, 0.2) is 11.5 Å². The molecule has 1 amide bonds. The predicted molar refractivity (Wildman–Crippen MR) is 111 cm³/mol. The number of hydrogen-bond donors (Lipinski definition) is 0. The second kappa shape index (κ2) is 7.42. The van der Waals surface area contributed by atoms with Gasteiger partial charge in [-0.05, 0) is 48.3 Å². The highest BCUT2D eigenvalue weighted by Gasteiger charge is 2.74. The Bertz CT molecular complexity index is 839. The third-order valence-corrected chi connectivity index (χ3v) is 8.48. The van der Waals surface area contributed by atoms with Crippen molar-refractivity contribution in [2.45, 2.75) is 49.8 Å². The summed E-state index contributed by atoms with van der Waals surface area (Å²) in [5.74, 6) is 1.91. The zero-order chi connectivity index (χ0) is 20.8. The van der Waals surface area contributed by atoms with Crippen molar-refractivity contribution in [2.75, 3.05) is 33.6 Å². The van der Waals surface area contributed by atoms with E-state index in [0.717, 1.165) is 42.6 Å². The summed E-state index contributed by atoms with van der Waals surface area (Å²) in [6, 6.07) is 3.63. The van der Waals surface area contributed by atoms with E-state index < -0.39 is 10.2 Å². The number of methoxy groups -OCH3 is 3. The SMILES string of the molecule is CCS[C@@]12CCCC[C@]1(C(=O)OC)[C@H]1c3cc(OC)c(OC)cc3CCN1C2=O. The lowest BCUT2D eigenvalue weighted by Crippen LogP contribution is -2.55. The minimum absolute atomic E-state index is 0.0971. The van der Waals surface area contributed by atoms with Crippen LogP contribution in [0.2, 0.25) is 0 Å². The van der Waals surface area contributed by atoms with Crippen molar-refractivity contribution in [1.29, 1.82) is 0 Å². The topological polar surface area (TPSA) is 65.1 Å². The number of ether oxygens (including phenoxy) is 3. The highest BCUT2D eigenvalue weighted by atomic mass is 32.2. The van der Waals surface area contributed by atoms with Crippen LogP contribution < -0.4 is 9.47 Å². The molecule has 0 unspecified atom stereocenters. The van der Waals surface area contributed by atoms with E-state index in [-0.39, 0.29) is 17.9 Å². The fourth-order valence-electron chi connectivity index (χ4n) is 5.86. The average Bonchev–Trinajstić information content (AvgIpc) is 2.98. The van der Waals surface area contributed by atoms with Crippen molar-refractivity contribution in [3.63, 3.8) is 0 Å². The zero-order valence-electron chi connectivity index (χ0n) is 17.6. The molecule has 2 heterocycles. The second-order valence-electron chi connectivity index (χ2n) is 7.99. The van der Waals surface area contributed by atoms with Gasteiger partial charge in [-0.25, -0.2) is 0 Å². The van der Waals surface area contributed by atoms with Crippen molar-refractivity contribution in [2.24, 2.45) is 5.41 Å². The van der Waals surface area contributed by atoms with Gasteiger partial charge < -0.3 is 19.1 Å². The summed E-state index contributed by atoms with van der Waals surface area (Å²) in [5, 5.41) is 0. The molecule has 158 valence electrons. The number of nitrogens with zero attached hydrogens (tertiary/aromatic N) is 1. The smallest absolute Gasteiger partial charge is 0.316 e. The quantitative estimate of drug-likeness (QED) is 0.682. The van der Waals surface area contributed by atoms with Gasteiger partial charge in [0, 0.05) is 6.54 Å². The van der Waals surface area contributed by atoms with Gasteiger partial charge in [0.2, 0.25) is 5.91 Å². The molecule has 0 radical (unpaired) electrons. The molecule has 1 saturated heterocycles. The first-order valence-corrected chi connectivity index (χ1v) is 11.3. The summed E-state index contributed by atoms with van der Waals surface area (Å²) in [6.07, 6.45) is 3.99. The molecule has 0 bridgehead atoms. The van der Waals surface area contributed by atoms with Gasteiger partial charge in [-0.1, -0.05) is 19.8 Å². The van der Waals surface area contributed by atoms with E-state index in [0.29, 0.717) is 24.5 Å². The Morgan fingerprint density at radius 1 is 1.17 bits per heavy atom. The maximum absolute atomic E-state index is 13.8. The molecule has 3 aliphatic rings. The van der Waals surface area contributed by atoms with Gasteiger partial charge in [0.25, 0.3) is 0 Å². The summed E-state index contributed by atoms with van der Waals surface area (Å²) < 4.78 is 15.7. The highest BCUT2D eigenvalue weighted by Crippen LogP contribution is 2.67. The fraction of sp³-hybridized carbons (Fsp3) is 0.636. The summed E-state index contributed by atoms with van der Waals surface area (Å²) in [5.41, 5.74) is 1.22. The molecule has 1 aliphatic carbocycles. The number of rotatable bonds is 5. The van der Waals surface area contributed by atoms with E-state index in [1.807, 2.05) is 17.0 Å². The van der Waals surface area contributed by atoms with Gasteiger partial charge in [-0.2, -0.15) is 0 Å². The third-order valence-electron chi connectivity index (χ3n) is 6.96. The van der Waals surface area contributed by atoms with Crippen LogP contribution >= 0.6 is 11.8 Å². The molecule has 0 aromatic heterocycles. The van der Waals surface area contributed by atoms with Crippen LogP contribution in [0, 0.1) is 5.41 Å². The molecule has 2 fully saturated rings. The molecule has 2 aliphatic heterocycles. The van der Waals surface area contributed by atoms with E-state index in [9.17, 15) is 9.59 Å². The zero-order valence-corrected chi connectivity index (χ0v) is 18.4. The fourth-order valence-corrected chi connectivity index (χ4v) is 7.43. The molecule has 1 aromatic rings. The first kappa shape index (κ1) is 20.4. The molecule has 1 aromatic carbocycles. The summed E-state index contributed by atoms with van der Waals surface area (Å²) in [7, 11) is 4.68. The average molecular weight is 420 g/mol. The Morgan fingerprint density at radius 3 is 2.52 bits per heavy atom. The molecule has 0 N–H and O–H groups in total. The standard InChI is InChI=1S/C22H29NO5S/c1-5-29-22-10-7-6-9-21(22,20(25)28-4)18-15-13-17(27-3)16(26-2)12-14(15)8-11-23(18)19(22)24/h12-13,18H,5-11H2,1-4H3/t18-,21-,22-/m1/s1. The van der Waals surface area contributed by atoms with Crippen molar-refractivity contribution in [1.82, 2.24) is 4.90 Å². The van der Waals surface area contributed by atoms with Crippen LogP contribution in [0.5, 0.6) is 11.5 Å². The first-order valence-electron chi connectivity index (χ1n) is 10.3. The van der Waals surface area contributed by atoms with Crippen LogP contribution in [0.4, 0.5) is 0 Å². The van der Waals surface area contributed by atoms with E-state index in [1.165, 1.54) is 7.11 Å². The lowest BCUT2D eigenvalue weighted by Gasteiger charge is -2.47. The van der Waals surface area contributed by atoms with Gasteiger partial charge in [0.05, 0.1) is 27.4 Å². The lowest BCUT2D eigenvalue weighted by molar-refractivity contribution is -0.158. The minimum atomic E-state index is -0.882. The maximum atomic E-state index is 13.8. The second-order valence-corrected chi connectivity index (χ2v) is 9.55. The van der Waals surface area contributed by atoms with Crippen molar-refractivity contribution >= 4 is 23.6 Å². The molecular formula is C22H29NO5S.